The van der Waals surface area contributed by atoms with Crippen molar-refractivity contribution in [3.05, 3.63) is 12.7 Å². The predicted molar refractivity (Wildman–Crippen MR) is 78.0 cm³/mol. The molecule has 2 rings (SSSR count). The van der Waals surface area contributed by atoms with Gasteiger partial charge in [-0.15, -0.1) is 6.58 Å². The molecule has 0 bridgehead atoms. The quantitative estimate of drug-likeness (QED) is 0.548. The Kier molecular flexibility index (Phi) is 4.91. The molecule has 2 unspecified atom stereocenters. The highest BCUT2D eigenvalue weighted by Crippen LogP contribution is 2.28. The standard InChI is InChI=1S/C14H22N2O2S/c1-3-9-19-10-8-16-11(4-2)13(17)15-7-5-6-12(15)14(16)18/h3,11-12H,1,4-10H2,2H3. The minimum absolute atomic E-state index is 0.151. The van der Waals surface area contributed by atoms with Gasteiger partial charge < -0.3 is 9.80 Å². The van der Waals surface area contributed by atoms with Crippen molar-refractivity contribution in [2.45, 2.75) is 38.3 Å². The van der Waals surface area contributed by atoms with Gasteiger partial charge in [0.25, 0.3) is 0 Å². The van der Waals surface area contributed by atoms with E-state index in [9.17, 15) is 9.59 Å². The van der Waals surface area contributed by atoms with Gasteiger partial charge in [0.05, 0.1) is 0 Å². The fourth-order valence-corrected chi connectivity index (χ4v) is 3.61. The Morgan fingerprint density at radius 2 is 2.21 bits per heavy atom. The lowest BCUT2D eigenvalue weighted by molar-refractivity contribution is -0.159. The topological polar surface area (TPSA) is 40.6 Å². The van der Waals surface area contributed by atoms with Crippen LogP contribution in [0, 0.1) is 0 Å². The number of fused-ring (bicyclic) bond motifs is 1. The van der Waals surface area contributed by atoms with E-state index in [-0.39, 0.29) is 23.9 Å². The highest BCUT2D eigenvalue weighted by Gasteiger charge is 2.46. The second-order valence-electron chi connectivity index (χ2n) is 5.01. The molecule has 2 amide bonds. The second-order valence-corrected chi connectivity index (χ2v) is 6.16. The van der Waals surface area contributed by atoms with Gasteiger partial charge in [0.1, 0.15) is 12.1 Å². The minimum atomic E-state index is -0.244. The summed E-state index contributed by atoms with van der Waals surface area (Å²) < 4.78 is 0. The SMILES string of the molecule is C=CCSCCN1C(=O)C2CCCN2C(=O)C1CC. The summed E-state index contributed by atoms with van der Waals surface area (Å²) in [6.45, 7) is 7.09. The van der Waals surface area contributed by atoms with E-state index in [0.717, 1.165) is 30.9 Å². The van der Waals surface area contributed by atoms with Gasteiger partial charge in [0.15, 0.2) is 0 Å². The number of amides is 2. The van der Waals surface area contributed by atoms with E-state index in [0.29, 0.717) is 13.0 Å². The molecule has 2 aliphatic rings. The molecular weight excluding hydrogens is 260 g/mol. The smallest absolute Gasteiger partial charge is 0.246 e. The van der Waals surface area contributed by atoms with E-state index in [1.54, 1.807) is 16.7 Å². The highest BCUT2D eigenvalue weighted by molar-refractivity contribution is 7.99. The molecule has 0 aromatic heterocycles. The largest absolute Gasteiger partial charge is 0.329 e. The van der Waals surface area contributed by atoms with Crippen LogP contribution in [0.5, 0.6) is 0 Å². The third-order valence-electron chi connectivity index (χ3n) is 3.86. The lowest BCUT2D eigenvalue weighted by Gasteiger charge is -2.42. The maximum atomic E-state index is 12.5. The average Bonchev–Trinajstić information content (AvgIpc) is 2.90. The zero-order valence-electron chi connectivity index (χ0n) is 11.5. The molecule has 0 radical (unpaired) electrons. The van der Waals surface area contributed by atoms with Crippen molar-refractivity contribution in [2.24, 2.45) is 0 Å². The number of rotatable bonds is 6. The molecule has 0 aliphatic carbocycles. The fourth-order valence-electron chi connectivity index (χ4n) is 2.95. The lowest BCUT2D eigenvalue weighted by atomic mass is 10.0. The summed E-state index contributed by atoms with van der Waals surface area (Å²) in [7, 11) is 0. The molecule has 5 heteroatoms. The second kappa shape index (κ2) is 6.46. The number of carbonyl (C=O) groups is 2. The summed E-state index contributed by atoms with van der Waals surface area (Å²) in [6, 6.07) is -0.425. The molecular formula is C14H22N2O2S. The molecule has 106 valence electrons. The van der Waals surface area contributed by atoms with Crippen LogP contribution in [0.1, 0.15) is 26.2 Å². The lowest BCUT2D eigenvalue weighted by Crippen LogP contribution is -2.62. The first-order chi connectivity index (χ1) is 9.20. The Labute approximate surface area is 119 Å². The average molecular weight is 282 g/mol. The summed E-state index contributed by atoms with van der Waals surface area (Å²) in [5, 5.41) is 0. The summed E-state index contributed by atoms with van der Waals surface area (Å²) in [4.78, 5) is 28.5. The number of piperazine rings is 1. The third kappa shape index (κ3) is 2.81. The van der Waals surface area contributed by atoms with Crippen LogP contribution in [0.3, 0.4) is 0 Å². The van der Waals surface area contributed by atoms with Gasteiger partial charge in [0, 0.05) is 24.6 Å². The summed E-state index contributed by atoms with van der Waals surface area (Å²) in [5.41, 5.74) is 0. The maximum Gasteiger partial charge on any atom is 0.246 e. The molecule has 2 saturated heterocycles. The van der Waals surface area contributed by atoms with E-state index < -0.39 is 0 Å². The van der Waals surface area contributed by atoms with Gasteiger partial charge in [-0.05, 0) is 19.3 Å². The predicted octanol–water partition coefficient (Wildman–Crippen LogP) is 1.52. The fraction of sp³-hybridized carbons (Fsp3) is 0.714. The number of carbonyl (C=O) groups excluding carboxylic acids is 2. The van der Waals surface area contributed by atoms with Crippen molar-refractivity contribution >= 4 is 23.6 Å². The molecule has 4 nitrogen and oxygen atoms in total. The Balaban J connectivity index is 2.03. The van der Waals surface area contributed by atoms with Gasteiger partial charge in [0.2, 0.25) is 11.8 Å². The third-order valence-corrected chi connectivity index (χ3v) is 4.81. The van der Waals surface area contributed by atoms with Crippen molar-refractivity contribution in [3.8, 4) is 0 Å². The van der Waals surface area contributed by atoms with Gasteiger partial charge in [-0.2, -0.15) is 11.8 Å². The van der Waals surface area contributed by atoms with Crippen LogP contribution in [0.2, 0.25) is 0 Å². The van der Waals surface area contributed by atoms with Crippen LogP contribution in [0.15, 0.2) is 12.7 Å². The van der Waals surface area contributed by atoms with Crippen molar-refractivity contribution in [1.29, 1.82) is 0 Å². The minimum Gasteiger partial charge on any atom is -0.329 e. The molecule has 2 heterocycles. The van der Waals surface area contributed by atoms with Crippen molar-refractivity contribution in [3.63, 3.8) is 0 Å². The number of hydrogen-bond donors (Lipinski definition) is 0. The molecule has 0 spiro atoms. The molecule has 2 atom stereocenters. The highest BCUT2D eigenvalue weighted by atomic mass is 32.2. The molecule has 0 aromatic carbocycles. The van der Waals surface area contributed by atoms with E-state index >= 15 is 0 Å². The van der Waals surface area contributed by atoms with Crippen LogP contribution >= 0.6 is 11.8 Å². The molecule has 2 aliphatic heterocycles. The van der Waals surface area contributed by atoms with Gasteiger partial charge >= 0.3 is 0 Å². The van der Waals surface area contributed by atoms with E-state index in [2.05, 4.69) is 6.58 Å². The Bertz CT molecular complexity index is 372. The van der Waals surface area contributed by atoms with E-state index in [1.807, 2.05) is 17.9 Å². The molecule has 0 N–H and O–H groups in total. The monoisotopic (exact) mass is 282 g/mol. The van der Waals surface area contributed by atoms with Crippen molar-refractivity contribution in [2.75, 3.05) is 24.6 Å². The number of thioether (sulfide) groups is 1. The van der Waals surface area contributed by atoms with Gasteiger partial charge in [-0.1, -0.05) is 13.0 Å². The first kappa shape index (κ1) is 14.4. The Hall–Kier alpha value is -0.970. The van der Waals surface area contributed by atoms with Crippen LogP contribution in [0.4, 0.5) is 0 Å². The normalized spacial score (nSPS) is 26.8. The maximum absolute atomic E-state index is 12.5. The number of nitrogens with zero attached hydrogens (tertiary/aromatic N) is 2. The summed E-state index contributed by atoms with van der Waals surface area (Å²) in [5.74, 6) is 2.07. The Morgan fingerprint density at radius 1 is 1.42 bits per heavy atom. The van der Waals surface area contributed by atoms with Crippen LogP contribution < -0.4 is 0 Å². The van der Waals surface area contributed by atoms with Crippen LogP contribution in [0.25, 0.3) is 0 Å². The van der Waals surface area contributed by atoms with E-state index in [4.69, 9.17) is 0 Å². The molecule has 0 aromatic rings. The summed E-state index contributed by atoms with van der Waals surface area (Å²) >= 11 is 1.75. The zero-order chi connectivity index (χ0) is 13.8. The first-order valence-electron chi connectivity index (χ1n) is 7.00. The molecule has 2 fully saturated rings. The van der Waals surface area contributed by atoms with E-state index in [1.165, 1.54) is 0 Å². The number of hydrogen-bond acceptors (Lipinski definition) is 3. The summed E-state index contributed by atoms with van der Waals surface area (Å²) in [6.07, 6.45) is 4.36. The van der Waals surface area contributed by atoms with Crippen molar-refractivity contribution in [1.82, 2.24) is 9.80 Å². The first-order valence-corrected chi connectivity index (χ1v) is 8.15. The van der Waals surface area contributed by atoms with Gasteiger partial charge in [-0.25, -0.2) is 0 Å². The van der Waals surface area contributed by atoms with Gasteiger partial charge in [-0.3, -0.25) is 9.59 Å². The molecule has 19 heavy (non-hydrogen) atoms. The van der Waals surface area contributed by atoms with Crippen LogP contribution in [-0.2, 0) is 9.59 Å². The zero-order valence-corrected chi connectivity index (χ0v) is 12.3. The molecule has 0 saturated carbocycles. The Morgan fingerprint density at radius 3 is 2.89 bits per heavy atom. The van der Waals surface area contributed by atoms with Crippen molar-refractivity contribution < 1.29 is 9.59 Å². The van der Waals surface area contributed by atoms with Crippen LogP contribution in [-0.4, -0.2) is 58.3 Å².